The van der Waals surface area contributed by atoms with E-state index in [0.717, 1.165) is 5.69 Å². The van der Waals surface area contributed by atoms with Gasteiger partial charge in [-0.2, -0.15) is 5.10 Å². The van der Waals surface area contributed by atoms with Gasteiger partial charge in [-0.15, -0.1) is 0 Å². The van der Waals surface area contributed by atoms with E-state index in [1.165, 1.54) is 25.7 Å². The first-order valence-corrected chi connectivity index (χ1v) is 8.17. The Hall–Kier alpha value is -1.17. The fraction of sp³-hybridized carbons (Fsp3) is 0.692. The Labute approximate surface area is 115 Å². The van der Waals surface area contributed by atoms with Crippen molar-refractivity contribution < 1.29 is 14.1 Å². The van der Waals surface area contributed by atoms with E-state index in [4.69, 9.17) is 5.11 Å². The summed E-state index contributed by atoms with van der Waals surface area (Å²) in [5.41, 5.74) is 0.794. The maximum absolute atomic E-state index is 11.9. The summed E-state index contributed by atoms with van der Waals surface area (Å²) in [4.78, 5) is 10.7. The van der Waals surface area contributed by atoms with Crippen molar-refractivity contribution >= 4 is 16.8 Å². The number of aliphatic carboxylic acids is 1. The quantitative estimate of drug-likeness (QED) is 0.867. The molecule has 2 rings (SSSR count). The molecule has 1 aliphatic rings. The van der Waals surface area contributed by atoms with E-state index in [0.29, 0.717) is 11.8 Å². The molecule has 1 aromatic rings. The number of carboxylic acid groups (broad SMARTS) is 1. The summed E-state index contributed by atoms with van der Waals surface area (Å²) in [6.07, 6.45) is 6.79. The van der Waals surface area contributed by atoms with Crippen LogP contribution in [0.15, 0.2) is 12.3 Å². The molecule has 2 atom stereocenters. The highest BCUT2D eigenvalue weighted by Gasteiger charge is 2.19. The fourth-order valence-corrected chi connectivity index (χ4v) is 3.70. The van der Waals surface area contributed by atoms with Crippen molar-refractivity contribution in [2.24, 2.45) is 5.92 Å². The van der Waals surface area contributed by atoms with Crippen LogP contribution in [0.5, 0.6) is 0 Å². The summed E-state index contributed by atoms with van der Waals surface area (Å²) < 4.78 is 13.8. The number of carboxylic acids is 1. The summed E-state index contributed by atoms with van der Waals surface area (Å²) in [5, 5.41) is 13.3. The van der Waals surface area contributed by atoms with E-state index in [1.807, 2.05) is 16.9 Å². The zero-order valence-corrected chi connectivity index (χ0v) is 11.9. The smallest absolute Gasteiger partial charge is 0.307 e. The summed E-state index contributed by atoms with van der Waals surface area (Å²) in [7, 11) is -1.17. The van der Waals surface area contributed by atoms with Crippen LogP contribution in [0.25, 0.3) is 0 Å². The van der Waals surface area contributed by atoms with Crippen LogP contribution >= 0.6 is 0 Å². The van der Waals surface area contributed by atoms with E-state index < -0.39 is 22.7 Å². The van der Waals surface area contributed by atoms with E-state index in [2.05, 4.69) is 5.10 Å². The third-order valence-electron chi connectivity index (χ3n) is 3.53. The third kappa shape index (κ3) is 3.89. The molecule has 106 valence electrons. The molecule has 0 aliphatic heterocycles. The first-order valence-electron chi connectivity index (χ1n) is 6.68. The zero-order valence-electron chi connectivity index (χ0n) is 11.1. The van der Waals surface area contributed by atoms with Gasteiger partial charge in [0, 0.05) is 22.7 Å². The number of carbonyl (C=O) groups is 1. The molecule has 0 amide bonds. The van der Waals surface area contributed by atoms with Crippen LogP contribution in [0.2, 0.25) is 0 Å². The largest absolute Gasteiger partial charge is 0.481 e. The monoisotopic (exact) mass is 284 g/mol. The van der Waals surface area contributed by atoms with Crippen LogP contribution < -0.4 is 0 Å². The molecule has 6 heteroatoms. The molecule has 0 bridgehead atoms. The highest BCUT2D eigenvalue weighted by Crippen LogP contribution is 2.28. The second-order valence-corrected chi connectivity index (χ2v) is 6.72. The van der Waals surface area contributed by atoms with Gasteiger partial charge in [0.1, 0.15) is 0 Å². The van der Waals surface area contributed by atoms with Gasteiger partial charge in [0.25, 0.3) is 0 Å². The lowest BCUT2D eigenvalue weighted by atomic mass is 10.2. The van der Waals surface area contributed by atoms with Gasteiger partial charge >= 0.3 is 5.97 Å². The standard InChI is InChI=1S/C13H20N2O3S/c1-10(13(16)17)8-19(18)9-11-6-7-15(14-11)12-4-2-3-5-12/h6-7,10,12H,2-5,8-9H2,1H3,(H,16,17). The molecule has 0 saturated heterocycles. The number of nitrogens with zero attached hydrogens (tertiary/aromatic N) is 2. The number of rotatable bonds is 6. The molecule has 2 unspecified atom stereocenters. The first kappa shape index (κ1) is 14.2. The average Bonchev–Trinajstić information content (AvgIpc) is 2.97. The van der Waals surface area contributed by atoms with Gasteiger partial charge in [-0.1, -0.05) is 19.8 Å². The summed E-state index contributed by atoms with van der Waals surface area (Å²) in [5.74, 6) is -0.939. The van der Waals surface area contributed by atoms with Crippen LogP contribution in [0.4, 0.5) is 0 Å². The summed E-state index contributed by atoms with van der Waals surface area (Å²) >= 11 is 0. The van der Waals surface area contributed by atoms with E-state index in [1.54, 1.807) is 6.92 Å². The van der Waals surface area contributed by atoms with Crippen molar-refractivity contribution in [3.05, 3.63) is 18.0 Å². The minimum absolute atomic E-state index is 0.186. The van der Waals surface area contributed by atoms with Gasteiger partial charge in [0.15, 0.2) is 0 Å². The Balaban J connectivity index is 1.88. The minimum Gasteiger partial charge on any atom is -0.481 e. The Morgan fingerprint density at radius 3 is 2.89 bits per heavy atom. The molecule has 5 nitrogen and oxygen atoms in total. The lowest BCUT2D eigenvalue weighted by molar-refractivity contribution is -0.140. The number of aromatic nitrogens is 2. The lowest BCUT2D eigenvalue weighted by Gasteiger charge is -2.09. The predicted octanol–water partition coefficient (Wildman–Crippen LogP) is 1.97. The van der Waals surface area contributed by atoms with Crippen LogP contribution in [0.3, 0.4) is 0 Å². The van der Waals surface area contributed by atoms with Crippen molar-refractivity contribution in [2.75, 3.05) is 5.75 Å². The molecule has 1 aliphatic carbocycles. The molecule has 1 saturated carbocycles. The Morgan fingerprint density at radius 1 is 1.58 bits per heavy atom. The second-order valence-electron chi connectivity index (χ2n) is 5.22. The molecular weight excluding hydrogens is 264 g/mol. The molecule has 0 aromatic carbocycles. The molecule has 1 aromatic heterocycles. The summed E-state index contributed by atoms with van der Waals surface area (Å²) in [6.45, 7) is 1.58. The Kier molecular flexibility index (Phi) is 4.74. The summed E-state index contributed by atoms with van der Waals surface area (Å²) in [6, 6.07) is 2.38. The van der Waals surface area contributed by atoms with Crippen molar-refractivity contribution in [1.82, 2.24) is 9.78 Å². The number of hydrogen-bond donors (Lipinski definition) is 1. The van der Waals surface area contributed by atoms with E-state index in [-0.39, 0.29) is 5.75 Å². The van der Waals surface area contributed by atoms with Gasteiger partial charge in [-0.3, -0.25) is 13.7 Å². The topological polar surface area (TPSA) is 72.2 Å². The van der Waals surface area contributed by atoms with Crippen molar-refractivity contribution in [2.45, 2.75) is 44.4 Å². The first-order chi connectivity index (χ1) is 9.06. The highest BCUT2D eigenvalue weighted by molar-refractivity contribution is 7.84. The molecule has 0 radical (unpaired) electrons. The van der Waals surface area contributed by atoms with Crippen LogP contribution in [0.1, 0.15) is 44.3 Å². The van der Waals surface area contributed by atoms with E-state index in [9.17, 15) is 9.00 Å². The molecule has 19 heavy (non-hydrogen) atoms. The molecule has 0 spiro atoms. The van der Waals surface area contributed by atoms with Crippen LogP contribution in [0, 0.1) is 5.92 Å². The van der Waals surface area contributed by atoms with Gasteiger partial charge in [0.2, 0.25) is 0 Å². The normalized spacial score (nSPS) is 19.4. The highest BCUT2D eigenvalue weighted by atomic mass is 32.2. The lowest BCUT2D eigenvalue weighted by Crippen LogP contribution is -2.18. The van der Waals surface area contributed by atoms with Gasteiger partial charge in [-0.25, -0.2) is 0 Å². The Morgan fingerprint density at radius 2 is 2.26 bits per heavy atom. The molecule has 1 heterocycles. The molecular formula is C13H20N2O3S. The van der Waals surface area contributed by atoms with E-state index >= 15 is 0 Å². The van der Waals surface area contributed by atoms with Gasteiger partial charge in [-0.05, 0) is 18.9 Å². The SMILES string of the molecule is CC(CS(=O)Cc1ccn(C2CCCC2)n1)C(=O)O. The Bertz CT molecular complexity index is 466. The second kappa shape index (κ2) is 6.32. The average molecular weight is 284 g/mol. The fourth-order valence-electron chi connectivity index (χ4n) is 2.40. The van der Waals surface area contributed by atoms with Crippen LogP contribution in [-0.2, 0) is 21.3 Å². The van der Waals surface area contributed by atoms with Crippen molar-refractivity contribution in [3.8, 4) is 0 Å². The van der Waals surface area contributed by atoms with Gasteiger partial charge in [0.05, 0.1) is 23.4 Å². The van der Waals surface area contributed by atoms with Crippen molar-refractivity contribution in [3.63, 3.8) is 0 Å². The third-order valence-corrected chi connectivity index (χ3v) is 5.02. The van der Waals surface area contributed by atoms with Crippen molar-refractivity contribution in [1.29, 1.82) is 0 Å². The predicted molar refractivity (Wildman–Crippen MR) is 73.2 cm³/mol. The maximum Gasteiger partial charge on any atom is 0.307 e. The minimum atomic E-state index is -1.17. The van der Waals surface area contributed by atoms with Crippen LogP contribution in [-0.4, -0.2) is 30.8 Å². The molecule has 1 N–H and O–H groups in total. The zero-order chi connectivity index (χ0) is 13.8. The maximum atomic E-state index is 11.9. The molecule has 1 fully saturated rings. The van der Waals surface area contributed by atoms with Gasteiger partial charge < -0.3 is 5.11 Å². The number of hydrogen-bond acceptors (Lipinski definition) is 3.